The fourth-order valence-corrected chi connectivity index (χ4v) is 2.72. The van der Waals surface area contributed by atoms with Crippen LogP contribution in [0.25, 0.3) is 0 Å². The number of hydrogen-bond acceptors (Lipinski definition) is 5. The molecule has 1 heterocycles. The lowest BCUT2D eigenvalue weighted by Crippen LogP contribution is -2.51. The van der Waals surface area contributed by atoms with Crippen LogP contribution in [0.5, 0.6) is 0 Å². The molecule has 1 aliphatic heterocycles. The van der Waals surface area contributed by atoms with Gasteiger partial charge in [0.2, 0.25) is 0 Å². The molecule has 0 amide bonds. The molecule has 21 heavy (non-hydrogen) atoms. The van der Waals surface area contributed by atoms with Crippen LogP contribution in [0.4, 0.5) is 0 Å². The monoisotopic (exact) mass is 299 g/mol. The topological polar surface area (TPSA) is 56.8 Å². The number of hydrogen-bond donors (Lipinski definition) is 1. The Labute approximate surface area is 127 Å². The highest BCUT2D eigenvalue weighted by Gasteiger charge is 2.39. The standard InChI is InChI=1S/C16H29NO4/c1-3-20-15(18)16(2,17-13-5-6-13)9-4-10-21-14-7-11-19-12-8-14/h13-14,17H,3-12H2,1-2H3. The first-order chi connectivity index (χ1) is 10.1. The molecule has 2 fully saturated rings. The summed E-state index contributed by atoms with van der Waals surface area (Å²) in [6, 6.07) is 0.482. The van der Waals surface area contributed by atoms with Gasteiger partial charge in [0.25, 0.3) is 0 Å². The lowest BCUT2D eigenvalue weighted by atomic mass is 9.95. The molecular weight excluding hydrogens is 270 g/mol. The molecule has 1 saturated heterocycles. The molecule has 0 aromatic rings. The summed E-state index contributed by atoms with van der Waals surface area (Å²) >= 11 is 0. The van der Waals surface area contributed by atoms with Gasteiger partial charge in [-0.3, -0.25) is 10.1 Å². The fourth-order valence-electron chi connectivity index (χ4n) is 2.72. The van der Waals surface area contributed by atoms with Crippen LogP contribution in [0.2, 0.25) is 0 Å². The van der Waals surface area contributed by atoms with Crippen LogP contribution in [0.1, 0.15) is 52.4 Å². The molecule has 122 valence electrons. The first kappa shape index (κ1) is 16.7. The van der Waals surface area contributed by atoms with Crippen molar-refractivity contribution in [2.24, 2.45) is 0 Å². The van der Waals surface area contributed by atoms with Crippen LogP contribution in [0.3, 0.4) is 0 Å². The third-order valence-electron chi connectivity index (χ3n) is 4.17. The molecule has 0 aromatic heterocycles. The van der Waals surface area contributed by atoms with Gasteiger partial charge in [0.1, 0.15) is 5.54 Å². The molecule has 1 N–H and O–H groups in total. The van der Waals surface area contributed by atoms with Crippen molar-refractivity contribution in [3.05, 3.63) is 0 Å². The van der Waals surface area contributed by atoms with Crippen LogP contribution in [0.15, 0.2) is 0 Å². The lowest BCUT2D eigenvalue weighted by Gasteiger charge is -2.29. The van der Waals surface area contributed by atoms with Crippen LogP contribution < -0.4 is 5.32 Å². The number of esters is 1. The van der Waals surface area contributed by atoms with Crippen molar-refractivity contribution in [1.29, 1.82) is 0 Å². The van der Waals surface area contributed by atoms with E-state index in [2.05, 4.69) is 5.32 Å². The summed E-state index contributed by atoms with van der Waals surface area (Å²) in [5.41, 5.74) is -0.573. The summed E-state index contributed by atoms with van der Waals surface area (Å²) in [5, 5.41) is 3.44. The van der Waals surface area contributed by atoms with Gasteiger partial charge in [0.05, 0.1) is 12.7 Å². The minimum atomic E-state index is -0.573. The Morgan fingerprint density at radius 2 is 2.00 bits per heavy atom. The van der Waals surface area contributed by atoms with Gasteiger partial charge in [0.15, 0.2) is 0 Å². The Morgan fingerprint density at radius 1 is 1.29 bits per heavy atom. The van der Waals surface area contributed by atoms with E-state index in [9.17, 15) is 4.79 Å². The third kappa shape index (κ3) is 5.57. The molecule has 5 heteroatoms. The summed E-state index contributed by atoms with van der Waals surface area (Å²) < 4.78 is 16.4. The number of ether oxygens (including phenoxy) is 3. The number of carbonyl (C=O) groups excluding carboxylic acids is 1. The lowest BCUT2D eigenvalue weighted by molar-refractivity contribution is -0.151. The van der Waals surface area contributed by atoms with Crippen LogP contribution in [-0.2, 0) is 19.0 Å². The first-order valence-electron chi connectivity index (χ1n) is 8.28. The molecule has 0 bridgehead atoms. The summed E-state index contributed by atoms with van der Waals surface area (Å²) in [4.78, 5) is 12.2. The normalized spacial score (nSPS) is 22.8. The molecule has 0 aromatic carbocycles. The van der Waals surface area contributed by atoms with Gasteiger partial charge in [-0.15, -0.1) is 0 Å². The van der Waals surface area contributed by atoms with Gasteiger partial charge < -0.3 is 14.2 Å². The van der Waals surface area contributed by atoms with Crippen molar-refractivity contribution in [2.75, 3.05) is 26.4 Å². The van der Waals surface area contributed by atoms with Crippen molar-refractivity contribution in [1.82, 2.24) is 5.32 Å². The molecule has 5 nitrogen and oxygen atoms in total. The SMILES string of the molecule is CCOC(=O)C(C)(CCCOC1CCOCC1)NC1CC1. The van der Waals surface area contributed by atoms with E-state index in [0.717, 1.165) is 51.7 Å². The molecule has 0 radical (unpaired) electrons. The highest BCUT2D eigenvalue weighted by atomic mass is 16.5. The summed E-state index contributed by atoms with van der Waals surface area (Å²) in [7, 11) is 0. The maximum absolute atomic E-state index is 12.2. The van der Waals surface area contributed by atoms with Gasteiger partial charge in [-0.1, -0.05) is 0 Å². The molecule has 1 unspecified atom stereocenters. The van der Waals surface area contributed by atoms with E-state index in [1.807, 2.05) is 13.8 Å². The molecule has 1 atom stereocenters. The van der Waals surface area contributed by atoms with E-state index in [0.29, 0.717) is 25.4 Å². The zero-order valence-electron chi connectivity index (χ0n) is 13.4. The van der Waals surface area contributed by atoms with E-state index in [-0.39, 0.29) is 5.97 Å². The molecule has 0 spiro atoms. The van der Waals surface area contributed by atoms with Crippen molar-refractivity contribution >= 4 is 5.97 Å². The molecule has 1 aliphatic carbocycles. The Bertz CT molecular complexity index is 326. The van der Waals surface area contributed by atoms with Crippen molar-refractivity contribution in [3.63, 3.8) is 0 Å². The summed E-state index contributed by atoms with van der Waals surface area (Å²) in [6.07, 6.45) is 6.23. The minimum Gasteiger partial charge on any atom is -0.465 e. The Morgan fingerprint density at radius 3 is 2.62 bits per heavy atom. The second-order valence-electron chi connectivity index (χ2n) is 6.26. The Hall–Kier alpha value is -0.650. The van der Waals surface area contributed by atoms with E-state index in [4.69, 9.17) is 14.2 Å². The second-order valence-corrected chi connectivity index (χ2v) is 6.26. The van der Waals surface area contributed by atoms with Gasteiger partial charge in [-0.25, -0.2) is 0 Å². The zero-order chi connectivity index (χ0) is 15.1. The van der Waals surface area contributed by atoms with Gasteiger partial charge in [-0.05, 0) is 52.4 Å². The minimum absolute atomic E-state index is 0.136. The van der Waals surface area contributed by atoms with Crippen LogP contribution in [-0.4, -0.2) is 50.1 Å². The van der Waals surface area contributed by atoms with E-state index >= 15 is 0 Å². The summed E-state index contributed by atoms with van der Waals surface area (Å²) in [5.74, 6) is -0.136. The number of carbonyl (C=O) groups is 1. The van der Waals surface area contributed by atoms with Crippen molar-refractivity contribution in [2.45, 2.75) is 70.1 Å². The largest absolute Gasteiger partial charge is 0.465 e. The first-order valence-corrected chi connectivity index (χ1v) is 8.28. The second kappa shape index (κ2) is 8.11. The van der Waals surface area contributed by atoms with Crippen molar-refractivity contribution < 1.29 is 19.0 Å². The average Bonchev–Trinajstić information content (AvgIpc) is 3.29. The number of nitrogens with one attached hydrogen (secondary N) is 1. The predicted octanol–water partition coefficient (Wildman–Crippen LogP) is 2.04. The smallest absolute Gasteiger partial charge is 0.326 e. The zero-order valence-corrected chi connectivity index (χ0v) is 13.4. The molecule has 2 aliphatic rings. The van der Waals surface area contributed by atoms with E-state index in [1.54, 1.807) is 0 Å². The van der Waals surface area contributed by atoms with Crippen LogP contribution in [0, 0.1) is 0 Å². The van der Waals surface area contributed by atoms with Gasteiger partial charge in [0, 0.05) is 25.9 Å². The van der Waals surface area contributed by atoms with Crippen molar-refractivity contribution in [3.8, 4) is 0 Å². The van der Waals surface area contributed by atoms with Crippen LogP contribution >= 0.6 is 0 Å². The number of rotatable bonds is 9. The average molecular weight is 299 g/mol. The Balaban J connectivity index is 1.71. The van der Waals surface area contributed by atoms with E-state index < -0.39 is 5.54 Å². The van der Waals surface area contributed by atoms with Gasteiger partial charge in [-0.2, -0.15) is 0 Å². The predicted molar refractivity (Wildman–Crippen MR) is 80.2 cm³/mol. The molecular formula is C16H29NO4. The summed E-state index contributed by atoms with van der Waals surface area (Å²) in [6.45, 7) is 6.54. The third-order valence-corrected chi connectivity index (χ3v) is 4.17. The molecule has 2 rings (SSSR count). The maximum atomic E-state index is 12.2. The highest BCUT2D eigenvalue weighted by Crippen LogP contribution is 2.26. The molecule has 1 saturated carbocycles. The van der Waals surface area contributed by atoms with Gasteiger partial charge >= 0.3 is 5.97 Å². The quantitative estimate of drug-likeness (QED) is 0.521. The Kier molecular flexibility index (Phi) is 6.45. The fraction of sp³-hybridized carbons (Fsp3) is 0.938. The highest BCUT2D eigenvalue weighted by molar-refractivity contribution is 5.80. The maximum Gasteiger partial charge on any atom is 0.326 e. The van der Waals surface area contributed by atoms with E-state index in [1.165, 1.54) is 0 Å².